The number of nitrogens with zero attached hydrogens (tertiary/aromatic N) is 1. The number of carbonyl (C=O) groups is 2. The average molecular weight is 321 g/mol. The number of fused-ring (bicyclic) bond motifs is 3. The molecule has 0 bridgehead atoms. The van der Waals surface area contributed by atoms with E-state index in [1.165, 1.54) is 21.6 Å². The first kappa shape index (κ1) is 15.4. The predicted octanol–water partition coefficient (Wildman–Crippen LogP) is 3.82. The van der Waals surface area contributed by atoms with Crippen molar-refractivity contribution in [2.45, 2.75) is 32.6 Å². The van der Waals surface area contributed by atoms with Crippen LogP contribution in [0.15, 0.2) is 48.1 Å². The fourth-order valence-corrected chi connectivity index (χ4v) is 5.19. The first-order valence-corrected chi connectivity index (χ1v) is 8.69. The highest BCUT2D eigenvalue weighted by molar-refractivity contribution is 6.07. The summed E-state index contributed by atoms with van der Waals surface area (Å²) >= 11 is 0. The van der Waals surface area contributed by atoms with Gasteiger partial charge in [-0.3, -0.25) is 14.5 Å². The lowest BCUT2D eigenvalue weighted by Gasteiger charge is -2.54. The molecule has 3 aliphatic rings. The van der Waals surface area contributed by atoms with Crippen LogP contribution in [0.1, 0.15) is 38.2 Å². The summed E-state index contributed by atoms with van der Waals surface area (Å²) in [6.45, 7) is 6.13. The topological polar surface area (TPSA) is 37.4 Å². The second-order valence-corrected chi connectivity index (χ2v) is 7.64. The van der Waals surface area contributed by atoms with Gasteiger partial charge in [0.05, 0.1) is 11.8 Å². The molecule has 124 valence electrons. The first-order valence-electron chi connectivity index (χ1n) is 8.69. The molecular formula is C21H23NO2. The molecule has 0 N–H and O–H groups in total. The number of rotatable bonds is 3. The van der Waals surface area contributed by atoms with Gasteiger partial charge in [0.25, 0.3) is 0 Å². The van der Waals surface area contributed by atoms with Crippen molar-refractivity contribution in [2.75, 3.05) is 7.05 Å². The number of likely N-dealkylation sites (tertiary alicyclic amines) is 1. The van der Waals surface area contributed by atoms with Gasteiger partial charge in [0, 0.05) is 12.5 Å². The molecule has 2 fully saturated rings. The second kappa shape index (κ2) is 5.17. The number of carbonyl (C=O) groups excluding carboxylic acids is 2. The van der Waals surface area contributed by atoms with E-state index in [2.05, 4.69) is 18.7 Å². The van der Waals surface area contributed by atoms with Gasteiger partial charge in [-0.2, -0.15) is 0 Å². The number of hydrogen-bond donors (Lipinski definition) is 0. The van der Waals surface area contributed by atoms with E-state index in [0.29, 0.717) is 6.42 Å². The Kier molecular flexibility index (Phi) is 3.31. The van der Waals surface area contributed by atoms with E-state index in [0.717, 1.165) is 24.8 Å². The van der Waals surface area contributed by atoms with Gasteiger partial charge in [0.2, 0.25) is 11.8 Å². The van der Waals surface area contributed by atoms with Gasteiger partial charge in [-0.15, -0.1) is 6.58 Å². The van der Waals surface area contributed by atoms with Crippen LogP contribution in [-0.4, -0.2) is 23.8 Å². The molecule has 1 saturated heterocycles. The van der Waals surface area contributed by atoms with Crippen LogP contribution in [-0.2, 0) is 9.59 Å². The number of imide groups is 1. The SMILES string of the molecule is C=C(C)C[C@@]12CCC1=C(c1ccccc1)C[C@@H]1C(=O)N(C)C(=O)[C@@H]12. The molecule has 0 radical (unpaired) electrons. The lowest BCUT2D eigenvalue weighted by molar-refractivity contribution is -0.139. The quantitative estimate of drug-likeness (QED) is 0.627. The summed E-state index contributed by atoms with van der Waals surface area (Å²) in [5, 5.41) is 0. The summed E-state index contributed by atoms with van der Waals surface area (Å²) in [6.07, 6.45) is 3.52. The first-order chi connectivity index (χ1) is 11.5. The van der Waals surface area contributed by atoms with Crippen LogP contribution in [0.4, 0.5) is 0 Å². The van der Waals surface area contributed by atoms with Gasteiger partial charge in [-0.1, -0.05) is 41.5 Å². The number of allylic oxidation sites excluding steroid dienone is 3. The third kappa shape index (κ3) is 1.90. The average Bonchev–Trinajstić information content (AvgIpc) is 2.76. The van der Waals surface area contributed by atoms with Crippen LogP contribution >= 0.6 is 0 Å². The Labute approximate surface area is 143 Å². The van der Waals surface area contributed by atoms with E-state index >= 15 is 0 Å². The fraction of sp³-hybridized carbons (Fsp3) is 0.429. The highest BCUT2D eigenvalue weighted by Crippen LogP contribution is 2.65. The van der Waals surface area contributed by atoms with Crippen molar-refractivity contribution in [3.05, 3.63) is 53.6 Å². The number of benzene rings is 1. The molecule has 3 atom stereocenters. The summed E-state index contributed by atoms with van der Waals surface area (Å²) in [4.78, 5) is 26.9. The summed E-state index contributed by atoms with van der Waals surface area (Å²) in [5.41, 5.74) is 4.80. The molecule has 1 saturated carbocycles. The lowest BCUT2D eigenvalue weighted by Crippen LogP contribution is -2.48. The zero-order chi connectivity index (χ0) is 17.1. The third-order valence-corrected chi connectivity index (χ3v) is 6.19. The lowest BCUT2D eigenvalue weighted by atomic mass is 9.48. The van der Waals surface area contributed by atoms with Gasteiger partial charge in [-0.25, -0.2) is 0 Å². The molecule has 1 aromatic rings. The summed E-state index contributed by atoms with van der Waals surface area (Å²) in [6, 6.07) is 10.3. The Hall–Kier alpha value is -2.16. The highest BCUT2D eigenvalue weighted by atomic mass is 16.2. The van der Waals surface area contributed by atoms with Gasteiger partial charge < -0.3 is 0 Å². The van der Waals surface area contributed by atoms with Crippen LogP contribution in [0.2, 0.25) is 0 Å². The Morgan fingerprint density at radius 1 is 1.25 bits per heavy atom. The van der Waals surface area contributed by atoms with E-state index in [9.17, 15) is 9.59 Å². The van der Waals surface area contributed by atoms with Crippen LogP contribution in [0, 0.1) is 17.3 Å². The smallest absolute Gasteiger partial charge is 0.233 e. The Morgan fingerprint density at radius 2 is 1.96 bits per heavy atom. The van der Waals surface area contributed by atoms with Gasteiger partial charge in [0.15, 0.2) is 0 Å². The summed E-state index contributed by atoms with van der Waals surface area (Å²) < 4.78 is 0. The zero-order valence-electron chi connectivity index (χ0n) is 14.3. The minimum Gasteiger partial charge on any atom is -0.285 e. The van der Waals surface area contributed by atoms with Crippen molar-refractivity contribution in [1.29, 1.82) is 0 Å². The molecule has 4 rings (SSSR count). The maximum absolute atomic E-state index is 12.8. The molecule has 1 heterocycles. The van der Waals surface area contributed by atoms with Crippen LogP contribution in [0.25, 0.3) is 5.57 Å². The van der Waals surface area contributed by atoms with E-state index in [-0.39, 0.29) is 29.1 Å². The molecule has 3 nitrogen and oxygen atoms in total. The normalized spacial score (nSPS) is 31.7. The van der Waals surface area contributed by atoms with Gasteiger partial charge in [-0.05, 0) is 43.7 Å². The molecular weight excluding hydrogens is 298 g/mol. The maximum atomic E-state index is 12.8. The molecule has 0 spiro atoms. The van der Waals surface area contributed by atoms with Crippen molar-refractivity contribution >= 4 is 17.4 Å². The van der Waals surface area contributed by atoms with Gasteiger partial charge in [0.1, 0.15) is 0 Å². The van der Waals surface area contributed by atoms with Crippen LogP contribution < -0.4 is 0 Å². The van der Waals surface area contributed by atoms with E-state index < -0.39 is 0 Å². The standard InChI is InChI=1S/C21H23NO2/c1-13(2)12-21-10-9-17(21)15(14-7-5-4-6-8-14)11-16-18(21)20(24)22(3)19(16)23/h4-8,16,18H,1,9-12H2,2-3H3/t16-,18+,21-/m0/s1. The van der Waals surface area contributed by atoms with E-state index in [1.807, 2.05) is 25.1 Å². The largest absolute Gasteiger partial charge is 0.285 e. The molecule has 2 amide bonds. The zero-order valence-corrected chi connectivity index (χ0v) is 14.3. The predicted molar refractivity (Wildman–Crippen MR) is 93.8 cm³/mol. The second-order valence-electron chi connectivity index (χ2n) is 7.64. The molecule has 1 aliphatic heterocycles. The maximum Gasteiger partial charge on any atom is 0.233 e. The minimum atomic E-state index is -0.207. The Morgan fingerprint density at radius 3 is 2.54 bits per heavy atom. The number of amides is 2. The summed E-state index contributed by atoms with van der Waals surface area (Å²) in [5.74, 6) is -0.398. The Bertz CT molecular complexity index is 776. The van der Waals surface area contributed by atoms with Crippen LogP contribution in [0.5, 0.6) is 0 Å². The minimum absolute atomic E-state index is 0.00882. The fourth-order valence-electron chi connectivity index (χ4n) is 5.19. The van der Waals surface area contributed by atoms with Gasteiger partial charge >= 0.3 is 0 Å². The molecule has 0 unspecified atom stereocenters. The highest BCUT2D eigenvalue weighted by Gasteiger charge is 2.63. The molecule has 1 aromatic carbocycles. The number of hydrogen-bond acceptors (Lipinski definition) is 2. The molecule has 2 aliphatic carbocycles. The van der Waals surface area contributed by atoms with E-state index in [4.69, 9.17) is 0 Å². The van der Waals surface area contributed by atoms with Crippen molar-refractivity contribution in [3.8, 4) is 0 Å². The van der Waals surface area contributed by atoms with Crippen molar-refractivity contribution in [3.63, 3.8) is 0 Å². The molecule has 3 heteroatoms. The van der Waals surface area contributed by atoms with Crippen LogP contribution in [0.3, 0.4) is 0 Å². The third-order valence-electron chi connectivity index (χ3n) is 6.19. The summed E-state index contributed by atoms with van der Waals surface area (Å²) in [7, 11) is 1.64. The Balaban J connectivity index is 1.89. The molecule has 24 heavy (non-hydrogen) atoms. The van der Waals surface area contributed by atoms with Crippen molar-refractivity contribution in [2.24, 2.45) is 17.3 Å². The van der Waals surface area contributed by atoms with Crippen molar-refractivity contribution in [1.82, 2.24) is 4.90 Å². The monoisotopic (exact) mass is 321 g/mol. The van der Waals surface area contributed by atoms with Crippen molar-refractivity contribution < 1.29 is 9.59 Å². The van der Waals surface area contributed by atoms with E-state index in [1.54, 1.807) is 7.05 Å². The molecule has 0 aromatic heterocycles.